The number of benzene rings is 2. The highest BCUT2D eigenvalue weighted by Crippen LogP contribution is 2.34. The Hall–Kier alpha value is -3.44. The van der Waals surface area contributed by atoms with Crippen molar-refractivity contribution in [2.75, 3.05) is 33.5 Å². The standard InChI is InChI=1S/C25H22ClN3O6S/c1-32-20-8-17(6-7-19(20)34-13-25(11-33-12-25)35-22(30)10-27)29-14-28-18-9-21(36-23(18)24(29)31)15-2-4-16(26)5-3-15/h2-9,14H,10-13,27H2,1H3. The number of hydrogen-bond acceptors (Lipinski definition) is 9. The van der Waals surface area contributed by atoms with Crippen molar-refractivity contribution in [3.63, 3.8) is 0 Å². The number of aromatic nitrogens is 2. The maximum atomic E-state index is 13.3. The van der Waals surface area contributed by atoms with Crippen LogP contribution in [0.1, 0.15) is 0 Å². The molecule has 9 nitrogen and oxygen atoms in total. The topological polar surface area (TPSA) is 115 Å². The fourth-order valence-electron chi connectivity index (χ4n) is 3.77. The van der Waals surface area contributed by atoms with E-state index >= 15 is 0 Å². The monoisotopic (exact) mass is 527 g/mol. The molecule has 2 aromatic carbocycles. The minimum Gasteiger partial charge on any atom is -0.493 e. The van der Waals surface area contributed by atoms with E-state index in [4.69, 9.17) is 36.3 Å². The number of hydrogen-bond donors (Lipinski definition) is 1. The third-order valence-corrected chi connectivity index (χ3v) is 7.12. The van der Waals surface area contributed by atoms with Crippen molar-refractivity contribution < 1.29 is 23.7 Å². The number of fused-ring (bicyclic) bond motifs is 1. The molecular weight excluding hydrogens is 506 g/mol. The summed E-state index contributed by atoms with van der Waals surface area (Å²) in [6, 6.07) is 14.4. The second kappa shape index (κ2) is 9.90. The number of esters is 1. The van der Waals surface area contributed by atoms with E-state index in [2.05, 4.69) is 4.98 Å². The third-order valence-electron chi connectivity index (χ3n) is 5.71. The zero-order valence-corrected chi connectivity index (χ0v) is 20.8. The van der Waals surface area contributed by atoms with Crippen LogP contribution in [-0.4, -0.2) is 54.6 Å². The number of carbonyl (C=O) groups is 1. The molecule has 1 aliphatic heterocycles. The Labute approximate surface area is 214 Å². The molecule has 1 aliphatic rings. The lowest BCUT2D eigenvalue weighted by Crippen LogP contribution is -2.57. The van der Waals surface area contributed by atoms with Crippen molar-refractivity contribution >= 4 is 39.1 Å². The number of halogens is 1. The molecule has 0 saturated carbocycles. The van der Waals surface area contributed by atoms with Crippen LogP contribution >= 0.6 is 22.9 Å². The van der Waals surface area contributed by atoms with Gasteiger partial charge in [-0.05, 0) is 35.9 Å². The van der Waals surface area contributed by atoms with Gasteiger partial charge in [0.05, 0.1) is 38.1 Å². The van der Waals surface area contributed by atoms with Crippen molar-refractivity contribution in [3.8, 4) is 27.6 Å². The molecule has 0 radical (unpaired) electrons. The molecule has 0 aliphatic carbocycles. The SMILES string of the molecule is COc1cc(-n2cnc3cc(-c4ccc(Cl)cc4)sc3c2=O)ccc1OCC1(OC(=O)CN)COC1. The van der Waals surface area contributed by atoms with E-state index in [1.54, 1.807) is 18.2 Å². The Bertz CT molecular complexity index is 1480. The molecule has 0 bridgehead atoms. The van der Waals surface area contributed by atoms with Crippen molar-refractivity contribution in [1.82, 2.24) is 9.55 Å². The average Bonchev–Trinajstić information content (AvgIpc) is 3.31. The second-order valence-corrected chi connectivity index (χ2v) is 9.72. The van der Waals surface area contributed by atoms with Crippen LogP contribution in [0, 0.1) is 0 Å². The van der Waals surface area contributed by atoms with E-state index in [1.807, 2.05) is 30.3 Å². The predicted molar refractivity (Wildman–Crippen MR) is 136 cm³/mol. The molecule has 11 heteroatoms. The predicted octanol–water partition coefficient (Wildman–Crippen LogP) is 3.43. The molecule has 1 fully saturated rings. The summed E-state index contributed by atoms with van der Waals surface area (Å²) < 4.78 is 24.0. The molecule has 1 saturated heterocycles. The highest BCUT2D eigenvalue weighted by Gasteiger charge is 2.43. The van der Waals surface area contributed by atoms with Crippen LogP contribution in [0.4, 0.5) is 0 Å². The van der Waals surface area contributed by atoms with Gasteiger partial charge >= 0.3 is 5.97 Å². The van der Waals surface area contributed by atoms with E-state index in [9.17, 15) is 9.59 Å². The van der Waals surface area contributed by atoms with Gasteiger partial charge in [-0.25, -0.2) is 4.98 Å². The van der Waals surface area contributed by atoms with Crippen molar-refractivity contribution in [1.29, 1.82) is 0 Å². The normalized spacial score (nSPS) is 14.3. The number of methoxy groups -OCH3 is 1. The fraction of sp³-hybridized carbons (Fsp3) is 0.240. The number of carbonyl (C=O) groups excluding carboxylic acids is 1. The minimum absolute atomic E-state index is 0.0740. The first kappa shape index (κ1) is 24.3. The Kier molecular flexibility index (Phi) is 6.67. The van der Waals surface area contributed by atoms with Gasteiger partial charge in [0.1, 0.15) is 17.6 Å². The Morgan fingerprint density at radius 2 is 1.97 bits per heavy atom. The highest BCUT2D eigenvalue weighted by molar-refractivity contribution is 7.22. The summed E-state index contributed by atoms with van der Waals surface area (Å²) in [7, 11) is 1.50. The number of nitrogens with two attached hydrogens (primary N) is 1. The third kappa shape index (κ3) is 4.68. The summed E-state index contributed by atoms with van der Waals surface area (Å²) in [6.45, 7) is 0.293. The molecular formula is C25H22ClN3O6S. The number of thiophene rings is 1. The summed E-state index contributed by atoms with van der Waals surface area (Å²) in [5.41, 5.74) is 6.43. The van der Waals surface area contributed by atoms with Crippen LogP contribution in [0.5, 0.6) is 11.5 Å². The van der Waals surface area contributed by atoms with Crippen molar-refractivity contribution in [2.24, 2.45) is 5.73 Å². The van der Waals surface area contributed by atoms with E-state index < -0.39 is 11.6 Å². The molecule has 5 rings (SSSR count). The van der Waals surface area contributed by atoms with Gasteiger partial charge in [0.15, 0.2) is 17.1 Å². The number of nitrogens with zero attached hydrogens (tertiary/aromatic N) is 2. The number of rotatable bonds is 8. The van der Waals surface area contributed by atoms with Gasteiger partial charge in [-0.2, -0.15) is 0 Å². The van der Waals surface area contributed by atoms with Crippen LogP contribution in [-0.2, 0) is 14.3 Å². The number of ether oxygens (including phenoxy) is 4. The van der Waals surface area contributed by atoms with E-state index in [1.165, 1.54) is 29.3 Å². The lowest BCUT2D eigenvalue weighted by molar-refractivity contribution is -0.220. The molecule has 0 spiro atoms. The molecule has 2 aromatic heterocycles. The van der Waals surface area contributed by atoms with Crippen molar-refractivity contribution in [3.05, 3.63) is 70.2 Å². The van der Waals surface area contributed by atoms with Gasteiger partial charge in [-0.3, -0.25) is 14.2 Å². The molecule has 3 heterocycles. The van der Waals surface area contributed by atoms with Crippen molar-refractivity contribution in [2.45, 2.75) is 5.60 Å². The van der Waals surface area contributed by atoms with E-state index in [0.717, 1.165) is 10.4 Å². The zero-order chi connectivity index (χ0) is 25.3. The van der Waals surface area contributed by atoms with Crippen LogP contribution in [0.2, 0.25) is 5.02 Å². The lowest BCUT2D eigenvalue weighted by Gasteiger charge is -2.39. The van der Waals surface area contributed by atoms with Gasteiger partial charge in [-0.1, -0.05) is 23.7 Å². The van der Waals surface area contributed by atoms with Gasteiger partial charge in [-0.15, -0.1) is 11.3 Å². The Balaban J connectivity index is 1.41. The maximum Gasteiger partial charge on any atom is 0.320 e. The van der Waals surface area contributed by atoms with E-state index in [0.29, 0.717) is 32.4 Å². The zero-order valence-electron chi connectivity index (χ0n) is 19.2. The van der Waals surface area contributed by atoms with Crippen LogP contribution in [0.15, 0.2) is 59.7 Å². The van der Waals surface area contributed by atoms with Gasteiger partial charge < -0.3 is 24.7 Å². The maximum absolute atomic E-state index is 13.3. The summed E-state index contributed by atoms with van der Waals surface area (Å²) in [5.74, 6) is 0.312. The molecule has 36 heavy (non-hydrogen) atoms. The highest BCUT2D eigenvalue weighted by atomic mass is 35.5. The Morgan fingerprint density at radius 1 is 1.19 bits per heavy atom. The first-order chi connectivity index (χ1) is 17.4. The summed E-state index contributed by atoms with van der Waals surface area (Å²) >= 11 is 7.37. The minimum atomic E-state index is -0.882. The van der Waals surface area contributed by atoms with Gasteiger partial charge in [0.2, 0.25) is 0 Å². The van der Waals surface area contributed by atoms with Crippen LogP contribution in [0.3, 0.4) is 0 Å². The van der Waals surface area contributed by atoms with Gasteiger partial charge in [0.25, 0.3) is 5.56 Å². The van der Waals surface area contributed by atoms with E-state index in [-0.39, 0.29) is 31.9 Å². The van der Waals surface area contributed by atoms with Crippen LogP contribution < -0.4 is 20.8 Å². The second-order valence-electron chi connectivity index (χ2n) is 8.23. The molecule has 2 N–H and O–H groups in total. The largest absolute Gasteiger partial charge is 0.493 e. The first-order valence-corrected chi connectivity index (χ1v) is 12.2. The molecule has 0 unspecified atom stereocenters. The summed E-state index contributed by atoms with van der Waals surface area (Å²) in [5, 5.41) is 0.648. The van der Waals surface area contributed by atoms with Gasteiger partial charge in [0, 0.05) is 16.0 Å². The smallest absolute Gasteiger partial charge is 0.320 e. The Morgan fingerprint density at radius 3 is 2.64 bits per heavy atom. The quantitative estimate of drug-likeness (QED) is 0.347. The molecule has 0 atom stereocenters. The lowest BCUT2D eigenvalue weighted by atomic mass is 10.0. The fourth-order valence-corrected chi connectivity index (χ4v) is 4.94. The molecule has 0 amide bonds. The summed E-state index contributed by atoms with van der Waals surface area (Å²) in [4.78, 5) is 30.4. The molecule has 186 valence electrons. The van der Waals surface area contributed by atoms with Crippen LogP contribution in [0.25, 0.3) is 26.3 Å². The summed E-state index contributed by atoms with van der Waals surface area (Å²) in [6.07, 6.45) is 1.49. The average molecular weight is 528 g/mol. The first-order valence-electron chi connectivity index (χ1n) is 11.0. The molecule has 4 aromatic rings.